The normalized spacial score (nSPS) is 20.2. The highest BCUT2D eigenvalue weighted by atomic mass is 32.2. The first-order chi connectivity index (χ1) is 15.3. The molecule has 0 saturated carbocycles. The van der Waals surface area contributed by atoms with Gasteiger partial charge in [-0.15, -0.1) is 0 Å². The molecule has 1 heterocycles. The van der Waals surface area contributed by atoms with Crippen LogP contribution in [0.5, 0.6) is 5.75 Å². The predicted molar refractivity (Wildman–Crippen MR) is 119 cm³/mol. The summed E-state index contributed by atoms with van der Waals surface area (Å²) in [6.45, 7) is 0.184. The number of rotatable bonds is 7. The molecule has 3 N–H and O–H groups in total. The van der Waals surface area contributed by atoms with E-state index in [4.69, 9.17) is 10.5 Å². The Labute approximate surface area is 187 Å². The van der Waals surface area contributed by atoms with Gasteiger partial charge in [-0.05, 0) is 49.1 Å². The molecule has 2 aromatic carbocycles. The smallest absolute Gasteiger partial charge is 0.326 e. The number of carboxylic acids is 1. The van der Waals surface area contributed by atoms with Crippen molar-refractivity contribution in [1.29, 1.82) is 0 Å². The lowest BCUT2D eigenvalue weighted by molar-refractivity contribution is -0.144. The van der Waals surface area contributed by atoms with Crippen molar-refractivity contribution in [2.75, 3.05) is 13.7 Å². The Hall–Kier alpha value is -3.07. The molecule has 172 valence electrons. The number of aliphatic carboxylic acids is 1. The van der Waals surface area contributed by atoms with Crippen molar-refractivity contribution in [3.63, 3.8) is 0 Å². The molecule has 1 aliphatic rings. The molecule has 0 aliphatic carbocycles. The number of carbonyl (C=O) groups is 2. The van der Waals surface area contributed by atoms with Gasteiger partial charge in [-0.2, -0.15) is 0 Å². The first-order valence-electron chi connectivity index (χ1n) is 10.5. The largest absolute Gasteiger partial charge is 0.497 e. The van der Waals surface area contributed by atoms with E-state index in [9.17, 15) is 23.1 Å². The first-order valence-corrected chi connectivity index (χ1v) is 12.0. The van der Waals surface area contributed by atoms with Gasteiger partial charge in [0.2, 0.25) is 0 Å². The number of urea groups is 1. The topological polar surface area (TPSA) is 127 Å². The van der Waals surface area contributed by atoms with Gasteiger partial charge >= 0.3 is 12.0 Å². The minimum atomic E-state index is -3.95. The highest BCUT2D eigenvalue weighted by Gasteiger charge is 2.46. The van der Waals surface area contributed by atoms with Gasteiger partial charge in [0.1, 0.15) is 11.8 Å². The summed E-state index contributed by atoms with van der Waals surface area (Å²) in [5.41, 5.74) is 6.26. The summed E-state index contributed by atoms with van der Waals surface area (Å²) < 4.78 is 32.8. The van der Waals surface area contributed by atoms with Crippen molar-refractivity contribution < 1.29 is 27.9 Å². The molecule has 0 radical (unpaired) electrons. The minimum absolute atomic E-state index is 0.0817. The van der Waals surface area contributed by atoms with Crippen LogP contribution in [0, 0.1) is 5.92 Å². The second-order valence-corrected chi connectivity index (χ2v) is 10.1. The molecule has 2 amide bonds. The van der Waals surface area contributed by atoms with Gasteiger partial charge in [0.15, 0.2) is 9.84 Å². The van der Waals surface area contributed by atoms with Crippen LogP contribution in [0.3, 0.4) is 0 Å². The van der Waals surface area contributed by atoms with Crippen LogP contribution in [0.25, 0.3) is 0 Å². The second-order valence-electron chi connectivity index (χ2n) is 7.92. The molecule has 3 unspecified atom stereocenters. The van der Waals surface area contributed by atoms with E-state index in [0.717, 1.165) is 10.5 Å². The van der Waals surface area contributed by atoms with Crippen LogP contribution in [0.2, 0.25) is 0 Å². The number of nitrogens with two attached hydrogens (primary N) is 1. The average Bonchev–Trinajstić information content (AvgIpc) is 3.01. The van der Waals surface area contributed by atoms with E-state index >= 15 is 0 Å². The van der Waals surface area contributed by atoms with E-state index in [-0.39, 0.29) is 17.9 Å². The van der Waals surface area contributed by atoms with Crippen molar-refractivity contribution in [2.45, 2.75) is 41.9 Å². The fourth-order valence-corrected chi connectivity index (χ4v) is 6.44. The zero-order valence-electron chi connectivity index (χ0n) is 17.9. The Balaban J connectivity index is 2.11. The molecule has 1 saturated heterocycles. The quantitative estimate of drug-likeness (QED) is 0.654. The molecule has 9 heteroatoms. The summed E-state index contributed by atoms with van der Waals surface area (Å²) in [6, 6.07) is 12.9. The van der Waals surface area contributed by atoms with Crippen LogP contribution in [0.15, 0.2) is 59.5 Å². The summed E-state index contributed by atoms with van der Waals surface area (Å²) in [4.78, 5) is 25.5. The number of hydrogen-bond donors (Lipinski definition) is 2. The van der Waals surface area contributed by atoms with Gasteiger partial charge in [0.25, 0.3) is 0 Å². The van der Waals surface area contributed by atoms with Crippen molar-refractivity contribution >= 4 is 21.8 Å². The average molecular weight is 461 g/mol. The SMILES string of the molecule is COc1ccc(S(=O)(=O)C(Cc2ccccc2)C2CCCCN(C(N)=O)C2C(=O)O)cc1. The fraction of sp³-hybridized carbons (Fsp3) is 0.391. The Morgan fingerprint density at radius 2 is 1.78 bits per heavy atom. The molecule has 0 spiro atoms. The predicted octanol–water partition coefficient (Wildman–Crippen LogP) is 2.71. The van der Waals surface area contributed by atoms with Crippen LogP contribution >= 0.6 is 0 Å². The zero-order valence-corrected chi connectivity index (χ0v) is 18.7. The van der Waals surface area contributed by atoms with Gasteiger partial charge in [0, 0.05) is 12.5 Å². The second kappa shape index (κ2) is 10.0. The number of carboxylic acid groups (broad SMARTS) is 1. The highest BCUT2D eigenvalue weighted by Crippen LogP contribution is 2.35. The van der Waals surface area contributed by atoms with Crippen molar-refractivity contribution in [3.8, 4) is 5.75 Å². The number of nitrogens with zero attached hydrogens (tertiary/aromatic N) is 1. The molecule has 3 atom stereocenters. The molecule has 1 fully saturated rings. The van der Waals surface area contributed by atoms with Gasteiger partial charge in [-0.1, -0.05) is 36.8 Å². The maximum Gasteiger partial charge on any atom is 0.326 e. The standard InChI is InChI=1S/C23H28N2O6S/c1-31-17-10-12-18(13-11-17)32(29,30)20(15-16-7-3-2-4-8-16)19-9-5-6-14-25(23(24)28)21(19)22(26)27/h2-4,7-8,10-13,19-21H,5-6,9,14-15H2,1H3,(H2,24,28)(H,26,27). The van der Waals surface area contributed by atoms with E-state index in [1.54, 1.807) is 12.1 Å². The monoisotopic (exact) mass is 460 g/mol. The number of benzene rings is 2. The van der Waals surface area contributed by atoms with Crippen LogP contribution in [-0.4, -0.2) is 55.4 Å². The third kappa shape index (κ3) is 5.04. The van der Waals surface area contributed by atoms with Crippen LogP contribution in [0.4, 0.5) is 4.79 Å². The molecule has 8 nitrogen and oxygen atoms in total. The zero-order chi connectivity index (χ0) is 23.3. The number of sulfone groups is 1. The van der Waals surface area contributed by atoms with E-state index in [1.165, 1.54) is 19.2 Å². The Kier molecular flexibility index (Phi) is 7.40. The summed E-state index contributed by atoms with van der Waals surface area (Å²) in [6.07, 6.45) is 1.63. The van der Waals surface area contributed by atoms with Gasteiger partial charge < -0.3 is 20.5 Å². The van der Waals surface area contributed by atoms with Gasteiger partial charge in [0.05, 0.1) is 17.3 Å². The molecular weight excluding hydrogens is 432 g/mol. The van der Waals surface area contributed by atoms with E-state index in [0.29, 0.717) is 25.0 Å². The molecule has 0 aromatic heterocycles. The number of hydrogen-bond acceptors (Lipinski definition) is 5. The summed E-state index contributed by atoms with van der Waals surface area (Å²) >= 11 is 0. The highest BCUT2D eigenvalue weighted by molar-refractivity contribution is 7.92. The number of primary amides is 1. The summed E-state index contributed by atoms with van der Waals surface area (Å²) in [5.74, 6) is -1.56. The Morgan fingerprint density at radius 1 is 1.12 bits per heavy atom. The lowest BCUT2D eigenvalue weighted by atomic mass is 9.88. The number of ether oxygens (including phenoxy) is 1. The maximum absolute atomic E-state index is 13.8. The number of methoxy groups -OCH3 is 1. The van der Waals surface area contributed by atoms with E-state index in [2.05, 4.69) is 0 Å². The fourth-order valence-electron chi connectivity index (χ4n) is 4.42. The lowest BCUT2D eigenvalue weighted by Gasteiger charge is -2.35. The van der Waals surface area contributed by atoms with Crippen LogP contribution in [-0.2, 0) is 21.1 Å². The Bertz CT molecular complexity index is 1040. The third-order valence-corrected chi connectivity index (χ3v) is 8.25. The van der Waals surface area contributed by atoms with Gasteiger partial charge in [-0.3, -0.25) is 0 Å². The van der Waals surface area contributed by atoms with Crippen molar-refractivity contribution in [3.05, 3.63) is 60.2 Å². The van der Waals surface area contributed by atoms with Crippen molar-refractivity contribution in [2.24, 2.45) is 11.7 Å². The van der Waals surface area contributed by atoms with Crippen molar-refractivity contribution in [1.82, 2.24) is 4.90 Å². The first kappa shape index (κ1) is 23.6. The Morgan fingerprint density at radius 3 is 2.34 bits per heavy atom. The number of amides is 2. The van der Waals surface area contributed by atoms with E-state index < -0.39 is 39.0 Å². The molecule has 2 aromatic rings. The van der Waals surface area contributed by atoms with Crippen LogP contribution < -0.4 is 10.5 Å². The number of likely N-dealkylation sites (tertiary alicyclic amines) is 1. The molecule has 1 aliphatic heterocycles. The maximum atomic E-state index is 13.8. The van der Waals surface area contributed by atoms with Gasteiger partial charge in [-0.25, -0.2) is 18.0 Å². The van der Waals surface area contributed by atoms with E-state index in [1.807, 2.05) is 30.3 Å². The van der Waals surface area contributed by atoms with Crippen LogP contribution in [0.1, 0.15) is 24.8 Å². The summed E-state index contributed by atoms with van der Waals surface area (Å²) in [7, 11) is -2.46. The lowest BCUT2D eigenvalue weighted by Crippen LogP contribution is -2.54. The number of carbonyl (C=O) groups excluding carboxylic acids is 1. The molecule has 3 rings (SSSR count). The summed E-state index contributed by atoms with van der Waals surface area (Å²) in [5, 5.41) is 8.96. The molecule has 32 heavy (non-hydrogen) atoms. The molecular formula is C23H28N2O6S. The molecule has 0 bridgehead atoms. The minimum Gasteiger partial charge on any atom is -0.497 e. The third-order valence-electron chi connectivity index (χ3n) is 6.01.